The van der Waals surface area contributed by atoms with Crippen LogP contribution in [0.5, 0.6) is 5.75 Å². The summed E-state index contributed by atoms with van der Waals surface area (Å²) in [5.41, 5.74) is 0.574. The zero-order valence-electron chi connectivity index (χ0n) is 14.2. The molecule has 1 fully saturated rings. The van der Waals surface area contributed by atoms with Gasteiger partial charge >= 0.3 is 6.09 Å². The molecule has 0 aromatic heterocycles. The summed E-state index contributed by atoms with van der Waals surface area (Å²) in [6.07, 6.45) is 1.15. The van der Waals surface area contributed by atoms with Crippen LogP contribution in [0.25, 0.3) is 0 Å². The van der Waals surface area contributed by atoms with Crippen molar-refractivity contribution < 1.29 is 19.1 Å². The standard InChI is InChI=1S/C17H20N4O4/c1-24-15-5-3-14(4-6-15)19-16(22)13(11-18)12-20-7-9-21(10-8-20)17(23)25-2/h3-6,12H,7-10H2,1-2H3,(H,19,22)/b13-12-. The lowest BCUT2D eigenvalue weighted by atomic mass is 10.2. The maximum Gasteiger partial charge on any atom is 0.409 e. The summed E-state index contributed by atoms with van der Waals surface area (Å²) in [6.45, 7) is 2.00. The number of ether oxygens (including phenoxy) is 2. The number of nitriles is 1. The van der Waals surface area contributed by atoms with Gasteiger partial charge in [0.1, 0.15) is 17.4 Å². The van der Waals surface area contributed by atoms with Crippen molar-refractivity contribution in [3.05, 3.63) is 36.0 Å². The van der Waals surface area contributed by atoms with Crippen molar-refractivity contribution in [3.8, 4) is 11.8 Å². The fourth-order valence-electron chi connectivity index (χ4n) is 2.36. The molecule has 0 unspecified atom stereocenters. The molecule has 1 aliphatic heterocycles. The molecule has 0 atom stereocenters. The second-order valence-electron chi connectivity index (χ2n) is 5.33. The average molecular weight is 344 g/mol. The Balaban J connectivity index is 1.96. The topological polar surface area (TPSA) is 94.9 Å². The number of carbonyl (C=O) groups is 2. The molecule has 25 heavy (non-hydrogen) atoms. The highest BCUT2D eigenvalue weighted by Gasteiger charge is 2.21. The molecular formula is C17H20N4O4. The molecule has 1 N–H and O–H groups in total. The van der Waals surface area contributed by atoms with Crippen molar-refractivity contribution >= 4 is 17.7 Å². The number of anilines is 1. The van der Waals surface area contributed by atoms with Gasteiger partial charge in [-0.25, -0.2) is 4.79 Å². The van der Waals surface area contributed by atoms with Crippen molar-refractivity contribution in [2.45, 2.75) is 0 Å². The van der Waals surface area contributed by atoms with Crippen LogP contribution in [0.2, 0.25) is 0 Å². The first-order chi connectivity index (χ1) is 12.1. The van der Waals surface area contributed by atoms with Crippen LogP contribution in [0.3, 0.4) is 0 Å². The minimum Gasteiger partial charge on any atom is -0.497 e. The van der Waals surface area contributed by atoms with E-state index in [4.69, 9.17) is 4.74 Å². The summed E-state index contributed by atoms with van der Waals surface area (Å²) in [6, 6.07) is 8.74. The molecule has 1 aromatic carbocycles. The van der Waals surface area contributed by atoms with Crippen LogP contribution in [0.1, 0.15) is 0 Å². The van der Waals surface area contributed by atoms with Gasteiger partial charge in [0.05, 0.1) is 14.2 Å². The molecule has 1 aliphatic rings. The monoisotopic (exact) mass is 344 g/mol. The van der Waals surface area contributed by atoms with Crippen molar-refractivity contribution in [2.75, 3.05) is 45.7 Å². The SMILES string of the molecule is COC(=O)N1CCN(/C=C(/C#N)C(=O)Nc2ccc(OC)cc2)CC1. The number of benzene rings is 1. The molecule has 8 nitrogen and oxygen atoms in total. The molecule has 8 heteroatoms. The number of amides is 2. The third-order valence-electron chi connectivity index (χ3n) is 3.77. The van der Waals surface area contributed by atoms with Crippen molar-refractivity contribution in [3.63, 3.8) is 0 Å². The molecule has 132 valence electrons. The second kappa shape index (κ2) is 8.59. The van der Waals surface area contributed by atoms with Gasteiger partial charge in [-0.2, -0.15) is 5.26 Å². The first kappa shape index (κ1) is 18.1. The molecular weight excluding hydrogens is 324 g/mol. The predicted molar refractivity (Wildman–Crippen MR) is 90.9 cm³/mol. The Labute approximate surface area is 146 Å². The summed E-state index contributed by atoms with van der Waals surface area (Å²) >= 11 is 0. The number of piperazine rings is 1. The van der Waals surface area contributed by atoms with Gasteiger partial charge in [-0.05, 0) is 24.3 Å². The van der Waals surface area contributed by atoms with Crippen LogP contribution in [-0.4, -0.2) is 62.2 Å². The van der Waals surface area contributed by atoms with Crippen LogP contribution in [0.4, 0.5) is 10.5 Å². The molecule has 1 heterocycles. The van der Waals surface area contributed by atoms with E-state index in [-0.39, 0.29) is 11.7 Å². The molecule has 0 aliphatic carbocycles. The van der Waals surface area contributed by atoms with E-state index in [1.807, 2.05) is 11.0 Å². The molecule has 1 aromatic rings. The number of hydrogen-bond donors (Lipinski definition) is 1. The zero-order chi connectivity index (χ0) is 18.2. The summed E-state index contributed by atoms with van der Waals surface area (Å²) in [4.78, 5) is 27.1. The Morgan fingerprint density at radius 1 is 1.16 bits per heavy atom. The van der Waals surface area contributed by atoms with Crippen LogP contribution in [0.15, 0.2) is 36.0 Å². The van der Waals surface area contributed by atoms with Crippen LogP contribution in [-0.2, 0) is 9.53 Å². The van der Waals surface area contributed by atoms with Gasteiger partial charge in [-0.15, -0.1) is 0 Å². The molecule has 0 radical (unpaired) electrons. The molecule has 0 saturated carbocycles. The van der Waals surface area contributed by atoms with Crippen LogP contribution >= 0.6 is 0 Å². The molecule has 2 amide bonds. The average Bonchev–Trinajstić information content (AvgIpc) is 2.66. The van der Waals surface area contributed by atoms with E-state index in [1.165, 1.54) is 13.3 Å². The van der Waals surface area contributed by atoms with Gasteiger partial charge in [0, 0.05) is 38.1 Å². The minimum atomic E-state index is -0.483. The molecule has 0 spiro atoms. The molecule has 2 rings (SSSR count). The number of nitrogens with one attached hydrogen (secondary N) is 1. The summed E-state index contributed by atoms with van der Waals surface area (Å²) in [5, 5.41) is 11.9. The normalized spacial score (nSPS) is 14.5. The number of methoxy groups -OCH3 is 2. The van der Waals surface area contributed by atoms with Crippen molar-refractivity contribution in [2.24, 2.45) is 0 Å². The van der Waals surface area contributed by atoms with E-state index in [0.29, 0.717) is 37.6 Å². The third-order valence-corrected chi connectivity index (χ3v) is 3.77. The largest absolute Gasteiger partial charge is 0.497 e. The van der Waals surface area contributed by atoms with Gasteiger partial charge < -0.3 is 24.6 Å². The molecule has 0 bridgehead atoms. The Bertz CT molecular complexity index is 686. The fourth-order valence-corrected chi connectivity index (χ4v) is 2.36. The van der Waals surface area contributed by atoms with Gasteiger partial charge in [-0.3, -0.25) is 4.79 Å². The first-order valence-corrected chi connectivity index (χ1v) is 7.71. The Hall–Kier alpha value is -3.21. The van der Waals surface area contributed by atoms with Gasteiger partial charge in [0.15, 0.2) is 0 Å². The highest BCUT2D eigenvalue weighted by atomic mass is 16.5. The Kier molecular flexibility index (Phi) is 6.23. The third kappa shape index (κ3) is 4.88. The number of carbonyl (C=O) groups excluding carboxylic acids is 2. The quantitative estimate of drug-likeness (QED) is 0.656. The van der Waals surface area contributed by atoms with Crippen LogP contribution < -0.4 is 10.1 Å². The maximum atomic E-state index is 12.2. The Morgan fingerprint density at radius 3 is 2.32 bits per heavy atom. The summed E-state index contributed by atoms with van der Waals surface area (Å²) in [7, 11) is 2.90. The van der Waals surface area contributed by atoms with Gasteiger partial charge in [0.2, 0.25) is 0 Å². The van der Waals surface area contributed by atoms with Crippen molar-refractivity contribution in [1.82, 2.24) is 9.80 Å². The van der Waals surface area contributed by atoms with E-state index in [2.05, 4.69) is 10.1 Å². The number of hydrogen-bond acceptors (Lipinski definition) is 6. The fraction of sp³-hybridized carbons (Fsp3) is 0.353. The van der Waals surface area contributed by atoms with E-state index in [0.717, 1.165) is 0 Å². The number of nitrogens with zero attached hydrogens (tertiary/aromatic N) is 3. The number of rotatable bonds is 4. The highest BCUT2D eigenvalue weighted by molar-refractivity contribution is 6.06. The smallest absolute Gasteiger partial charge is 0.409 e. The maximum absolute atomic E-state index is 12.2. The zero-order valence-corrected chi connectivity index (χ0v) is 14.2. The van der Waals surface area contributed by atoms with Crippen molar-refractivity contribution in [1.29, 1.82) is 5.26 Å². The lowest BCUT2D eigenvalue weighted by Crippen LogP contribution is -2.47. The van der Waals surface area contributed by atoms with E-state index < -0.39 is 5.91 Å². The van der Waals surface area contributed by atoms with E-state index in [9.17, 15) is 14.9 Å². The predicted octanol–water partition coefficient (Wildman–Crippen LogP) is 1.43. The van der Waals surface area contributed by atoms with Crippen LogP contribution in [0, 0.1) is 11.3 Å². The summed E-state index contributed by atoms with van der Waals surface area (Å²) < 4.78 is 9.73. The van der Waals surface area contributed by atoms with Gasteiger partial charge in [0.25, 0.3) is 5.91 Å². The molecule has 1 saturated heterocycles. The first-order valence-electron chi connectivity index (χ1n) is 7.71. The Morgan fingerprint density at radius 2 is 1.80 bits per heavy atom. The lowest BCUT2D eigenvalue weighted by molar-refractivity contribution is -0.112. The summed E-state index contributed by atoms with van der Waals surface area (Å²) in [5.74, 6) is 0.195. The van der Waals surface area contributed by atoms with E-state index in [1.54, 1.807) is 36.3 Å². The highest BCUT2D eigenvalue weighted by Crippen LogP contribution is 2.16. The van der Waals surface area contributed by atoms with Gasteiger partial charge in [-0.1, -0.05) is 0 Å². The lowest BCUT2D eigenvalue weighted by Gasteiger charge is -2.33. The second-order valence-corrected chi connectivity index (χ2v) is 5.33. The minimum absolute atomic E-state index is 0.00216. The van der Waals surface area contributed by atoms with E-state index >= 15 is 0 Å².